The summed E-state index contributed by atoms with van der Waals surface area (Å²) in [6.45, 7) is 12.8. The number of rotatable bonds is 6. The van der Waals surface area contributed by atoms with Gasteiger partial charge >= 0.3 is 11.9 Å². The van der Waals surface area contributed by atoms with E-state index in [1.165, 1.54) is 0 Å². The first kappa shape index (κ1) is 20.1. The molecular weight excluding hydrogens is 368 g/mol. The van der Waals surface area contributed by atoms with Gasteiger partial charge in [-0.1, -0.05) is 37.4 Å². The molecule has 0 amide bonds. The van der Waals surface area contributed by atoms with E-state index in [1.54, 1.807) is 38.1 Å². The number of benzene rings is 3. The lowest BCUT2D eigenvalue weighted by Gasteiger charge is -2.17. The molecule has 0 aliphatic rings. The maximum atomic E-state index is 12.3. The van der Waals surface area contributed by atoms with Gasteiger partial charge in [-0.05, 0) is 39.0 Å². The Balaban J connectivity index is 2.38. The summed E-state index contributed by atoms with van der Waals surface area (Å²) < 4.78 is 17.0. The summed E-state index contributed by atoms with van der Waals surface area (Å²) in [6, 6.07) is 12.6. The topological polar surface area (TPSA) is 61.8 Å². The van der Waals surface area contributed by atoms with E-state index in [2.05, 4.69) is 13.2 Å². The quantitative estimate of drug-likeness (QED) is 0.246. The second-order valence-electron chi connectivity index (χ2n) is 6.68. The standard InChI is InChI=1S/C24H22O5/c1-6-27-16-11-12-19-20(13-16)22(29-24(26)15(4)5)18-10-8-7-9-17(18)21(19)28-23(25)14(2)3/h7-13H,2,4,6H2,1,3,5H3. The molecule has 0 radical (unpaired) electrons. The van der Waals surface area contributed by atoms with Crippen LogP contribution in [0.4, 0.5) is 0 Å². The maximum absolute atomic E-state index is 12.3. The monoisotopic (exact) mass is 390 g/mol. The molecule has 0 heterocycles. The van der Waals surface area contributed by atoms with Crippen LogP contribution in [0.2, 0.25) is 0 Å². The average Bonchev–Trinajstić information content (AvgIpc) is 2.70. The van der Waals surface area contributed by atoms with E-state index in [9.17, 15) is 9.59 Å². The van der Waals surface area contributed by atoms with Crippen molar-refractivity contribution in [1.29, 1.82) is 0 Å². The normalized spacial score (nSPS) is 10.6. The highest BCUT2D eigenvalue weighted by molar-refractivity contribution is 6.14. The van der Waals surface area contributed by atoms with Gasteiger partial charge in [0.25, 0.3) is 0 Å². The number of esters is 2. The van der Waals surface area contributed by atoms with E-state index in [0.717, 1.165) is 0 Å². The zero-order chi connectivity index (χ0) is 21.1. The van der Waals surface area contributed by atoms with E-state index < -0.39 is 11.9 Å². The van der Waals surface area contributed by atoms with E-state index in [0.29, 0.717) is 45.4 Å². The second kappa shape index (κ2) is 8.19. The van der Waals surface area contributed by atoms with Gasteiger partial charge in [0.15, 0.2) is 0 Å². The molecule has 0 unspecified atom stereocenters. The van der Waals surface area contributed by atoms with E-state index in [1.807, 2.05) is 25.1 Å². The maximum Gasteiger partial charge on any atom is 0.338 e. The van der Waals surface area contributed by atoms with Crippen LogP contribution in [0.15, 0.2) is 66.8 Å². The van der Waals surface area contributed by atoms with Gasteiger partial charge in [0.05, 0.1) is 6.61 Å². The van der Waals surface area contributed by atoms with Crippen LogP contribution in [-0.2, 0) is 9.59 Å². The van der Waals surface area contributed by atoms with Crippen LogP contribution in [0.5, 0.6) is 17.2 Å². The molecule has 3 aromatic rings. The summed E-state index contributed by atoms with van der Waals surface area (Å²) >= 11 is 0. The minimum Gasteiger partial charge on any atom is -0.494 e. The predicted molar refractivity (Wildman–Crippen MR) is 114 cm³/mol. The first-order valence-electron chi connectivity index (χ1n) is 9.20. The minimum atomic E-state index is -0.537. The molecule has 0 saturated carbocycles. The van der Waals surface area contributed by atoms with Gasteiger partial charge in [-0.25, -0.2) is 9.59 Å². The SMILES string of the molecule is C=C(C)C(=O)Oc1c2ccccc2c(OC(=O)C(=C)C)c2cc(OCC)ccc12. The molecule has 148 valence electrons. The minimum absolute atomic E-state index is 0.279. The lowest BCUT2D eigenvalue weighted by Crippen LogP contribution is -2.11. The van der Waals surface area contributed by atoms with Crippen LogP contribution in [0.1, 0.15) is 20.8 Å². The number of carbonyl (C=O) groups is 2. The first-order valence-corrected chi connectivity index (χ1v) is 9.20. The van der Waals surface area contributed by atoms with Gasteiger partial charge in [-0.3, -0.25) is 0 Å². The Labute approximate surface area is 169 Å². The third-order valence-corrected chi connectivity index (χ3v) is 4.29. The number of ether oxygens (including phenoxy) is 3. The van der Waals surface area contributed by atoms with E-state index >= 15 is 0 Å². The van der Waals surface area contributed by atoms with E-state index in [4.69, 9.17) is 14.2 Å². The van der Waals surface area contributed by atoms with Crippen molar-refractivity contribution >= 4 is 33.5 Å². The number of fused-ring (bicyclic) bond motifs is 2. The van der Waals surface area contributed by atoms with Crippen molar-refractivity contribution in [2.24, 2.45) is 0 Å². The van der Waals surface area contributed by atoms with Crippen LogP contribution in [-0.4, -0.2) is 18.5 Å². The van der Waals surface area contributed by atoms with Gasteiger partial charge in [-0.2, -0.15) is 0 Å². The Kier molecular flexibility index (Phi) is 5.69. The zero-order valence-corrected chi connectivity index (χ0v) is 16.7. The summed E-state index contributed by atoms with van der Waals surface area (Å²) in [6.07, 6.45) is 0. The summed E-state index contributed by atoms with van der Waals surface area (Å²) in [5.74, 6) is 0.282. The fourth-order valence-electron chi connectivity index (χ4n) is 2.91. The summed E-state index contributed by atoms with van der Waals surface area (Å²) in [4.78, 5) is 24.6. The summed E-state index contributed by atoms with van der Waals surface area (Å²) in [5.41, 5.74) is 0.562. The van der Waals surface area contributed by atoms with Gasteiger partial charge < -0.3 is 14.2 Å². The van der Waals surface area contributed by atoms with Crippen LogP contribution in [0.25, 0.3) is 21.5 Å². The lowest BCUT2D eigenvalue weighted by molar-refractivity contribution is -0.130. The van der Waals surface area contributed by atoms with Crippen molar-refractivity contribution in [2.75, 3.05) is 6.61 Å². The largest absolute Gasteiger partial charge is 0.494 e. The van der Waals surface area contributed by atoms with Gasteiger partial charge in [-0.15, -0.1) is 0 Å². The highest BCUT2D eigenvalue weighted by Crippen LogP contribution is 2.44. The van der Waals surface area contributed by atoms with Gasteiger partial charge in [0.1, 0.15) is 17.2 Å². The molecule has 5 nitrogen and oxygen atoms in total. The molecule has 0 bridgehead atoms. The van der Waals surface area contributed by atoms with Crippen LogP contribution < -0.4 is 14.2 Å². The molecule has 0 aliphatic carbocycles. The first-order chi connectivity index (χ1) is 13.8. The summed E-state index contributed by atoms with van der Waals surface area (Å²) in [7, 11) is 0. The fraction of sp³-hybridized carbons (Fsp3) is 0.167. The van der Waals surface area contributed by atoms with Crippen molar-refractivity contribution in [2.45, 2.75) is 20.8 Å². The van der Waals surface area contributed by atoms with Crippen molar-refractivity contribution in [3.63, 3.8) is 0 Å². The fourth-order valence-corrected chi connectivity index (χ4v) is 2.91. The Morgan fingerprint density at radius 1 is 0.793 bits per heavy atom. The molecule has 0 spiro atoms. The molecule has 0 N–H and O–H groups in total. The van der Waals surface area contributed by atoms with Crippen LogP contribution in [0, 0.1) is 0 Å². The molecule has 29 heavy (non-hydrogen) atoms. The highest BCUT2D eigenvalue weighted by Gasteiger charge is 2.21. The molecule has 0 aromatic heterocycles. The number of hydrogen-bond acceptors (Lipinski definition) is 5. The average molecular weight is 390 g/mol. The molecule has 5 heteroatoms. The van der Waals surface area contributed by atoms with E-state index in [-0.39, 0.29) is 11.1 Å². The Bertz CT molecular complexity index is 1160. The predicted octanol–water partition coefficient (Wildman–Crippen LogP) is 5.35. The Hall–Kier alpha value is -3.60. The smallest absolute Gasteiger partial charge is 0.338 e. The number of carbonyl (C=O) groups excluding carboxylic acids is 2. The lowest BCUT2D eigenvalue weighted by atomic mass is 10.00. The zero-order valence-electron chi connectivity index (χ0n) is 16.7. The molecule has 3 rings (SSSR count). The number of hydrogen-bond donors (Lipinski definition) is 0. The molecule has 0 saturated heterocycles. The molecule has 0 aliphatic heterocycles. The van der Waals surface area contributed by atoms with Crippen LogP contribution in [0.3, 0.4) is 0 Å². The van der Waals surface area contributed by atoms with Crippen molar-refractivity contribution < 1.29 is 23.8 Å². The summed E-state index contributed by atoms with van der Waals surface area (Å²) in [5, 5.41) is 2.48. The molecule has 3 aromatic carbocycles. The second-order valence-corrected chi connectivity index (χ2v) is 6.68. The molecule has 0 fully saturated rings. The van der Waals surface area contributed by atoms with Gasteiger partial charge in [0.2, 0.25) is 0 Å². The van der Waals surface area contributed by atoms with Crippen LogP contribution >= 0.6 is 0 Å². The Morgan fingerprint density at radius 3 is 1.76 bits per heavy atom. The Morgan fingerprint density at radius 2 is 1.28 bits per heavy atom. The van der Waals surface area contributed by atoms with Crippen molar-refractivity contribution in [1.82, 2.24) is 0 Å². The van der Waals surface area contributed by atoms with Crippen molar-refractivity contribution in [3.8, 4) is 17.2 Å². The molecular formula is C24H22O5. The van der Waals surface area contributed by atoms with Crippen molar-refractivity contribution in [3.05, 3.63) is 66.8 Å². The highest BCUT2D eigenvalue weighted by atomic mass is 16.5. The third kappa shape index (κ3) is 3.99. The third-order valence-electron chi connectivity index (χ3n) is 4.29. The molecule has 0 atom stereocenters. The van der Waals surface area contributed by atoms with Gasteiger partial charge in [0, 0.05) is 32.7 Å².